The third-order valence-electron chi connectivity index (χ3n) is 4.96. The van der Waals surface area contributed by atoms with Gasteiger partial charge in [-0.1, -0.05) is 0 Å². The van der Waals surface area contributed by atoms with Crippen molar-refractivity contribution in [3.8, 4) is 5.75 Å². The number of anilines is 1. The van der Waals surface area contributed by atoms with Gasteiger partial charge in [0.25, 0.3) is 5.91 Å². The van der Waals surface area contributed by atoms with Crippen LogP contribution in [-0.4, -0.2) is 63.2 Å². The Hall–Kier alpha value is -2.65. The summed E-state index contributed by atoms with van der Waals surface area (Å²) in [6, 6.07) is 12.9. The maximum absolute atomic E-state index is 13.1. The van der Waals surface area contributed by atoms with Crippen molar-refractivity contribution < 1.29 is 22.3 Å². The van der Waals surface area contributed by atoms with E-state index in [1.807, 2.05) is 18.7 Å². The number of nitrogens with zero attached hydrogens (tertiary/aromatic N) is 2. The molecule has 1 N–H and O–H groups in total. The van der Waals surface area contributed by atoms with E-state index in [2.05, 4.69) is 5.32 Å². The second kappa shape index (κ2) is 10.1. The maximum atomic E-state index is 13.1. The van der Waals surface area contributed by atoms with E-state index in [1.54, 1.807) is 36.4 Å². The molecular formula is C22H28FN3O4S. The average Bonchev–Trinajstić information content (AvgIpc) is 2.74. The Bertz CT molecular complexity index is 971. The lowest BCUT2D eigenvalue weighted by molar-refractivity contribution is 0.0956. The zero-order valence-corrected chi connectivity index (χ0v) is 18.6. The number of hydrogen-bond acceptors (Lipinski definition) is 5. The maximum Gasteiger partial charge on any atom is 0.251 e. The number of carbonyl (C=O) groups is 1. The molecule has 2 aromatic rings. The lowest BCUT2D eigenvalue weighted by Crippen LogP contribution is -2.50. The smallest absolute Gasteiger partial charge is 0.251 e. The highest BCUT2D eigenvalue weighted by atomic mass is 32.2. The molecule has 2 aromatic carbocycles. The minimum Gasteiger partial charge on any atom is -0.491 e. The van der Waals surface area contributed by atoms with E-state index in [4.69, 9.17) is 4.74 Å². The Morgan fingerprint density at radius 1 is 1.03 bits per heavy atom. The highest BCUT2D eigenvalue weighted by Crippen LogP contribution is 2.18. The highest BCUT2D eigenvalue weighted by molar-refractivity contribution is 7.89. The number of amides is 1. The van der Waals surface area contributed by atoms with Crippen LogP contribution in [-0.2, 0) is 10.0 Å². The summed E-state index contributed by atoms with van der Waals surface area (Å²) in [6.45, 7) is 5.64. The minimum absolute atomic E-state index is 0.0313. The van der Waals surface area contributed by atoms with E-state index in [0.29, 0.717) is 37.5 Å². The summed E-state index contributed by atoms with van der Waals surface area (Å²) in [5.74, 6) is -0.114. The van der Waals surface area contributed by atoms with Gasteiger partial charge in [0.2, 0.25) is 10.0 Å². The fourth-order valence-corrected chi connectivity index (χ4v) is 4.70. The predicted molar refractivity (Wildman–Crippen MR) is 119 cm³/mol. The summed E-state index contributed by atoms with van der Waals surface area (Å²) in [5.41, 5.74) is 1.32. The van der Waals surface area contributed by atoms with Crippen molar-refractivity contribution in [2.24, 2.45) is 0 Å². The van der Waals surface area contributed by atoms with Gasteiger partial charge >= 0.3 is 0 Å². The first-order valence-corrected chi connectivity index (χ1v) is 11.9. The molecule has 168 valence electrons. The molecule has 1 aliphatic rings. The minimum atomic E-state index is -3.48. The summed E-state index contributed by atoms with van der Waals surface area (Å²) < 4.78 is 45.3. The van der Waals surface area contributed by atoms with Gasteiger partial charge < -0.3 is 15.0 Å². The fraction of sp³-hybridized carbons (Fsp3) is 0.409. The number of piperazine rings is 1. The molecule has 1 saturated heterocycles. The summed E-state index contributed by atoms with van der Waals surface area (Å²) >= 11 is 0. The first-order valence-electron chi connectivity index (χ1n) is 10.3. The van der Waals surface area contributed by atoms with E-state index in [9.17, 15) is 17.6 Å². The first kappa shape index (κ1) is 23.0. The van der Waals surface area contributed by atoms with Crippen LogP contribution in [0.25, 0.3) is 0 Å². The van der Waals surface area contributed by atoms with Crippen molar-refractivity contribution in [1.29, 1.82) is 0 Å². The number of nitrogens with one attached hydrogen (secondary N) is 1. The van der Waals surface area contributed by atoms with E-state index < -0.39 is 10.0 Å². The van der Waals surface area contributed by atoms with Gasteiger partial charge in [-0.25, -0.2) is 12.8 Å². The highest BCUT2D eigenvalue weighted by Gasteiger charge is 2.27. The summed E-state index contributed by atoms with van der Waals surface area (Å²) in [4.78, 5) is 14.3. The molecule has 0 atom stereocenters. The zero-order valence-electron chi connectivity index (χ0n) is 17.8. The molecular weight excluding hydrogens is 421 g/mol. The molecule has 0 unspecified atom stereocenters. The second-order valence-corrected chi connectivity index (χ2v) is 9.71. The van der Waals surface area contributed by atoms with Crippen molar-refractivity contribution in [1.82, 2.24) is 9.62 Å². The summed E-state index contributed by atoms with van der Waals surface area (Å²) in [7, 11) is -3.48. The summed E-state index contributed by atoms with van der Waals surface area (Å²) in [6.07, 6.45) is 0.0439. The Morgan fingerprint density at radius 3 is 2.23 bits per heavy atom. The number of ether oxygens (including phenoxy) is 1. The van der Waals surface area contributed by atoms with E-state index in [-0.39, 0.29) is 30.1 Å². The molecule has 31 heavy (non-hydrogen) atoms. The van der Waals surface area contributed by atoms with Crippen LogP contribution in [0.4, 0.5) is 10.1 Å². The van der Waals surface area contributed by atoms with Crippen molar-refractivity contribution >= 4 is 21.6 Å². The van der Waals surface area contributed by atoms with Gasteiger partial charge in [-0.2, -0.15) is 4.31 Å². The standard InChI is InChI=1S/C22H28FN3O4S/c1-17(2)30-21-9-3-18(4-10-21)22(27)24-11-16-31(28,29)26-14-12-25(13-15-26)20-7-5-19(23)6-8-20/h3-10,17H,11-16H2,1-2H3,(H,24,27). The zero-order chi connectivity index (χ0) is 22.4. The fourth-order valence-electron chi connectivity index (χ4n) is 3.36. The monoisotopic (exact) mass is 449 g/mol. The van der Waals surface area contributed by atoms with Gasteiger partial charge in [-0.05, 0) is 62.4 Å². The Kier molecular flexibility index (Phi) is 7.50. The van der Waals surface area contributed by atoms with Crippen LogP contribution in [0.3, 0.4) is 0 Å². The second-order valence-electron chi connectivity index (χ2n) is 7.63. The molecule has 1 heterocycles. The van der Waals surface area contributed by atoms with Gasteiger partial charge in [0.15, 0.2) is 0 Å². The molecule has 0 aliphatic carbocycles. The third kappa shape index (κ3) is 6.41. The molecule has 0 radical (unpaired) electrons. The number of sulfonamides is 1. The number of rotatable bonds is 8. The van der Waals surface area contributed by atoms with Crippen molar-refractivity contribution in [3.63, 3.8) is 0 Å². The van der Waals surface area contributed by atoms with Crippen LogP contribution in [0.1, 0.15) is 24.2 Å². The third-order valence-corrected chi connectivity index (χ3v) is 6.83. The normalized spacial score (nSPS) is 15.2. The SMILES string of the molecule is CC(C)Oc1ccc(C(=O)NCCS(=O)(=O)N2CCN(c3ccc(F)cc3)CC2)cc1. The molecule has 1 fully saturated rings. The van der Waals surface area contributed by atoms with E-state index in [1.165, 1.54) is 16.4 Å². The average molecular weight is 450 g/mol. The van der Waals surface area contributed by atoms with Crippen molar-refractivity contribution in [3.05, 3.63) is 59.9 Å². The van der Waals surface area contributed by atoms with Gasteiger partial charge in [-0.3, -0.25) is 4.79 Å². The number of carbonyl (C=O) groups excluding carboxylic acids is 1. The molecule has 9 heteroatoms. The number of halogens is 1. The van der Waals surface area contributed by atoms with Gasteiger partial charge in [0.1, 0.15) is 11.6 Å². The molecule has 3 rings (SSSR count). The largest absolute Gasteiger partial charge is 0.491 e. The van der Waals surface area contributed by atoms with E-state index in [0.717, 1.165) is 5.69 Å². The predicted octanol–water partition coefficient (Wildman–Crippen LogP) is 2.49. The molecule has 7 nitrogen and oxygen atoms in total. The van der Waals surface area contributed by atoms with Gasteiger partial charge in [-0.15, -0.1) is 0 Å². The molecule has 1 amide bonds. The van der Waals surface area contributed by atoms with Crippen LogP contribution in [0, 0.1) is 5.82 Å². The lowest BCUT2D eigenvalue weighted by Gasteiger charge is -2.35. The van der Waals surface area contributed by atoms with Crippen LogP contribution in [0.15, 0.2) is 48.5 Å². The molecule has 1 aliphatic heterocycles. The molecule has 0 aromatic heterocycles. The Morgan fingerprint density at radius 2 is 1.65 bits per heavy atom. The molecule has 0 bridgehead atoms. The van der Waals surface area contributed by atoms with Crippen molar-refractivity contribution in [2.75, 3.05) is 43.4 Å². The van der Waals surface area contributed by atoms with Crippen LogP contribution in [0.2, 0.25) is 0 Å². The summed E-state index contributed by atoms with van der Waals surface area (Å²) in [5, 5.41) is 2.66. The lowest BCUT2D eigenvalue weighted by atomic mass is 10.2. The van der Waals surface area contributed by atoms with Crippen molar-refractivity contribution in [2.45, 2.75) is 20.0 Å². The molecule has 0 saturated carbocycles. The van der Waals surface area contributed by atoms with Crippen LogP contribution in [0.5, 0.6) is 5.75 Å². The Labute approximate surface area is 182 Å². The topological polar surface area (TPSA) is 78.9 Å². The van der Waals surface area contributed by atoms with Gasteiger partial charge in [0, 0.05) is 44.0 Å². The van der Waals surface area contributed by atoms with Gasteiger partial charge in [0.05, 0.1) is 11.9 Å². The quantitative estimate of drug-likeness (QED) is 0.670. The first-order chi connectivity index (χ1) is 14.7. The van der Waals surface area contributed by atoms with E-state index >= 15 is 0 Å². The molecule has 0 spiro atoms. The number of benzene rings is 2. The van der Waals surface area contributed by atoms with Crippen LogP contribution >= 0.6 is 0 Å². The Balaban J connectivity index is 1.45. The van der Waals surface area contributed by atoms with Crippen LogP contribution < -0.4 is 15.0 Å². The number of hydrogen-bond donors (Lipinski definition) is 1.